The van der Waals surface area contributed by atoms with E-state index in [-0.39, 0.29) is 12.5 Å². The molecule has 1 amide bonds. The third kappa shape index (κ3) is 6.84. The van der Waals surface area contributed by atoms with Crippen LogP contribution in [0.25, 0.3) is 0 Å². The molecule has 0 radical (unpaired) electrons. The molecule has 9 nitrogen and oxygen atoms in total. The topological polar surface area (TPSA) is 123 Å². The molecule has 0 saturated heterocycles. The van der Waals surface area contributed by atoms with Crippen molar-refractivity contribution in [3.8, 4) is 0 Å². The number of ether oxygens (including phenoxy) is 2. The fraction of sp³-hybridized carbons (Fsp3) is 0.583. The van der Waals surface area contributed by atoms with Gasteiger partial charge in [-0.05, 0) is 0 Å². The van der Waals surface area contributed by atoms with Crippen LogP contribution in [0.5, 0.6) is 0 Å². The number of hydrogen-bond acceptors (Lipinski definition) is 8. The molecule has 1 rings (SSSR count). The number of hydrogen-bond donors (Lipinski definition) is 4. The van der Waals surface area contributed by atoms with Crippen LogP contribution in [-0.2, 0) is 20.9 Å². The molecule has 9 heteroatoms. The Morgan fingerprint density at radius 3 is 2.67 bits per heavy atom. The van der Waals surface area contributed by atoms with E-state index >= 15 is 0 Å². The highest BCUT2D eigenvalue weighted by Crippen LogP contribution is 2.10. The molecule has 0 saturated carbocycles. The van der Waals surface area contributed by atoms with Crippen molar-refractivity contribution in [1.29, 1.82) is 0 Å². The summed E-state index contributed by atoms with van der Waals surface area (Å²) < 4.78 is 9.83. The SMILES string of the molecule is COCCNC(=O)CCNc1cc(NN)nc(COC)n1. The number of nitrogens with one attached hydrogen (secondary N) is 3. The minimum absolute atomic E-state index is 0.0529. The average Bonchev–Trinajstić information content (AvgIpc) is 2.47. The molecule has 1 aromatic rings. The number of carbonyl (C=O) groups excluding carboxylic acids is 1. The predicted octanol–water partition coefficient (Wildman–Crippen LogP) is -0.527. The monoisotopic (exact) mass is 298 g/mol. The summed E-state index contributed by atoms with van der Waals surface area (Å²) in [6, 6.07) is 1.65. The summed E-state index contributed by atoms with van der Waals surface area (Å²) in [6.07, 6.45) is 0.332. The maximum absolute atomic E-state index is 11.5. The van der Waals surface area contributed by atoms with Gasteiger partial charge >= 0.3 is 0 Å². The first kappa shape index (κ1) is 17.1. The van der Waals surface area contributed by atoms with E-state index in [1.165, 1.54) is 0 Å². The number of hydrazine groups is 1. The van der Waals surface area contributed by atoms with E-state index in [1.807, 2.05) is 0 Å². The quantitative estimate of drug-likeness (QED) is 0.258. The normalized spacial score (nSPS) is 10.2. The molecule has 0 spiro atoms. The molecule has 1 heterocycles. The zero-order chi connectivity index (χ0) is 15.5. The highest BCUT2D eigenvalue weighted by Gasteiger charge is 2.05. The van der Waals surface area contributed by atoms with Gasteiger partial charge in [-0.25, -0.2) is 15.8 Å². The van der Waals surface area contributed by atoms with Crippen molar-refractivity contribution >= 4 is 17.5 Å². The van der Waals surface area contributed by atoms with Gasteiger partial charge in [0.15, 0.2) is 5.82 Å². The largest absolute Gasteiger partial charge is 0.383 e. The van der Waals surface area contributed by atoms with Crippen LogP contribution < -0.4 is 21.9 Å². The minimum Gasteiger partial charge on any atom is -0.383 e. The molecule has 118 valence electrons. The summed E-state index contributed by atoms with van der Waals surface area (Å²) in [5, 5.41) is 5.78. The van der Waals surface area contributed by atoms with Crippen molar-refractivity contribution in [2.75, 3.05) is 44.7 Å². The summed E-state index contributed by atoms with van der Waals surface area (Å²) in [7, 11) is 3.15. The highest BCUT2D eigenvalue weighted by molar-refractivity contribution is 5.76. The van der Waals surface area contributed by atoms with Gasteiger partial charge in [0.2, 0.25) is 5.91 Å². The van der Waals surface area contributed by atoms with Crippen LogP contribution in [0.3, 0.4) is 0 Å². The molecule has 0 aliphatic carbocycles. The van der Waals surface area contributed by atoms with Crippen molar-refractivity contribution in [1.82, 2.24) is 15.3 Å². The van der Waals surface area contributed by atoms with Gasteiger partial charge in [0.1, 0.15) is 18.2 Å². The van der Waals surface area contributed by atoms with E-state index < -0.39 is 0 Å². The van der Waals surface area contributed by atoms with Crippen molar-refractivity contribution in [2.24, 2.45) is 5.84 Å². The molecule has 0 aliphatic heterocycles. The fourth-order valence-electron chi connectivity index (χ4n) is 1.54. The van der Waals surface area contributed by atoms with Gasteiger partial charge in [-0.3, -0.25) is 4.79 Å². The molecular weight excluding hydrogens is 276 g/mol. The average molecular weight is 298 g/mol. The number of carbonyl (C=O) groups is 1. The number of nitrogens with two attached hydrogens (primary N) is 1. The number of methoxy groups -OCH3 is 2. The van der Waals surface area contributed by atoms with Gasteiger partial charge in [0.05, 0.1) is 6.61 Å². The van der Waals surface area contributed by atoms with E-state index in [0.29, 0.717) is 43.6 Å². The number of nitrogen functional groups attached to an aromatic ring is 1. The van der Waals surface area contributed by atoms with Gasteiger partial charge in [0, 0.05) is 39.8 Å². The van der Waals surface area contributed by atoms with Gasteiger partial charge in [-0.15, -0.1) is 0 Å². The molecule has 0 bridgehead atoms. The van der Waals surface area contributed by atoms with Gasteiger partial charge < -0.3 is 25.5 Å². The smallest absolute Gasteiger partial charge is 0.221 e. The van der Waals surface area contributed by atoms with Crippen molar-refractivity contribution in [3.05, 3.63) is 11.9 Å². The fourth-order valence-corrected chi connectivity index (χ4v) is 1.54. The Morgan fingerprint density at radius 1 is 1.24 bits per heavy atom. The molecule has 0 aliphatic rings. The zero-order valence-electron chi connectivity index (χ0n) is 12.3. The standard InChI is InChI=1S/C12H22N6O3/c1-20-6-5-15-12(19)3-4-14-9-7-10(18-13)17-11(16-9)8-21-2/h7H,3-6,8,13H2,1-2H3,(H,15,19)(H2,14,16,17,18). The van der Waals surface area contributed by atoms with Crippen LogP contribution in [0.2, 0.25) is 0 Å². The lowest BCUT2D eigenvalue weighted by Crippen LogP contribution is -2.28. The Labute approximate surface area is 123 Å². The third-order valence-electron chi connectivity index (χ3n) is 2.48. The number of nitrogens with zero attached hydrogens (tertiary/aromatic N) is 2. The Morgan fingerprint density at radius 2 is 2.00 bits per heavy atom. The lowest BCUT2D eigenvalue weighted by molar-refractivity contribution is -0.121. The number of aromatic nitrogens is 2. The second-order valence-electron chi connectivity index (χ2n) is 4.15. The third-order valence-corrected chi connectivity index (χ3v) is 2.48. The summed E-state index contributed by atoms with van der Waals surface area (Å²) in [6.45, 7) is 1.73. The molecule has 1 aromatic heterocycles. The van der Waals surface area contributed by atoms with Crippen LogP contribution in [0.1, 0.15) is 12.2 Å². The van der Waals surface area contributed by atoms with E-state index in [1.54, 1.807) is 20.3 Å². The van der Waals surface area contributed by atoms with Crippen molar-refractivity contribution in [2.45, 2.75) is 13.0 Å². The lowest BCUT2D eigenvalue weighted by Gasteiger charge is -2.09. The summed E-state index contributed by atoms with van der Waals surface area (Å²) in [5.41, 5.74) is 2.46. The van der Waals surface area contributed by atoms with E-state index in [2.05, 4.69) is 26.0 Å². The van der Waals surface area contributed by atoms with Crippen LogP contribution in [0.4, 0.5) is 11.6 Å². The highest BCUT2D eigenvalue weighted by atomic mass is 16.5. The van der Waals surface area contributed by atoms with E-state index in [0.717, 1.165) is 0 Å². The molecule has 21 heavy (non-hydrogen) atoms. The number of anilines is 2. The molecule has 0 unspecified atom stereocenters. The van der Waals surface area contributed by atoms with Gasteiger partial charge in [-0.2, -0.15) is 0 Å². The minimum atomic E-state index is -0.0529. The molecule has 5 N–H and O–H groups in total. The van der Waals surface area contributed by atoms with E-state index in [9.17, 15) is 4.79 Å². The van der Waals surface area contributed by atoms with Crippen molar-refractivity contribution in [3.63, 3.8) is 0 Å². The molecular formula is C12H22N6O3. The van der Waals surface area contributed by atoms with Crippen LogP contribution in [-0.4, -0.2) is 49.8 Å². The Hall–Kier alpha value is -1.97. The second-order valence-corrected chi connectivity index (χ2v) is 4.15. The summed E-state index contributed by atoms with van der Waals surface area (Å²) in [5.74, 6) is 6.85. The molecule has 0 aromatic carbocycles. The van der Waals surface area contributed by atoms with Gasteiger partial charge in [-0.1, -0.05) is 0 Å². The van der Waals surface area contributed by atoms with E-state index in [4.69, 9.17) is 15.3 Å². The predicted molar refractivity (Wildman–Crippen MR) is 78.5 cm³/mol. The van der Waals surface area contributed by atoms with Crippen molar-refractivity contribution < 1.29 is 14.3 Å². The van der Waals surface area contributed by atoms with Crippen LogP contribution in [0, 0.1) is 0 Å². The Balaban J connectivity index is 2.43. The first-order valence-electron chi connectivity index (χ1n) is 6.52. The lowest BCUT2D eigenvalue weighted by atomic mass is 10.4. The Kier molecular flexibility index (Phi) is 8.02. The Bertz CT molecular complexity index is 443. The van der Waals surface area contributed by atoms with Crippen LogP contribution >= 0.6 is 0 Å². The molecule has 0 fully saturated rings. The summed E-state index contributed by atoms with van der Waals surface area (Å²) in [4.78, 5) is 19.9. The summed E-state index contributed by atoms with van der Waals surface area (Å²) >= 11 is 0. The second kappa shape index (κ2) is 9.86. The van der Waals surface area contributed by atoms with Gasteiger partial charge in [0.25, 0.3) is 0 Å². The van der Waals surface area contributed by atoms with Crippen LogP contribution in [0.15, 0.2) is 6.07 Å². The first-order valence-corrected chi connectivity index (χ1v) is 6.52. The zero-order valence-corrected chi connectivity index (χ0v) is 12.3. The molecule has 0 atom stereocenters. The first-order chi connectivity index (χ1) is 10.2. The number of rotatable bonds is 10. The number of amides is 1. The maximum Gasteiger partial charge on any atom is 0.221 e. The maximum atomic E-state index is 11.5.